The minimum absolute atomic E-state index is 0.150. The van der Waals surface area contributed by atoms with Crippen LogP contribution in [0.25, 0.3) is 0 Å². The summed E-state index contributed by atoms with van der Waals surface area (Å²) < 4.78 is 16.7. The molecular weight excluding hydrogens is 328 g/mol. The van der Waals surface area contributed by atoms with Crippen molar-refractivity contribution < 1.29 is 14.2 Å². The van der Waals surface area contributed by atoms with Gasteiger partial charge in [0.2, 0.25) is 0 Å². The monoisotopic (exact) mass is 356 g/mol. The van der Waals surface area contributed by atoms with Crippen molar-refractivity contribution in [3.8, 4) is 17.2 Å². The van der Waals surface area contributed by atoms with Gasteiger partial charge in [-0.05, 0) is 42.3 Å². The molecule has 140 valence electrons. The zero-order chi connectivity index (χ0) is 18.4. The maximum atomic E-state index is 5.81. The summed E-state index contributed by atoms with van der Waals surface area (Å²) in [4.78, 5) is 2.50. The molecule has 1 unspecified atom stereocenters. The molecule has 1 aliphatic rings. The molecule has 0 saturated carbocycles. The van der Waals surface area contributed by atoms with Crippen LogP contribution in [0.15, 0.2) is 42.5 Å². The predicted octanol–water partition coefficient (Wildman–Crippen LogP) is 3.10. The number of benzene rings is 2. The maximum absolute atomic E-state index is 5.81. The molecule has 0 spiro atoms. The fourth-order valence-electron chi connectivity index (χ4n) is 3.50. The predicted molar refractivity (Wildman–Crippen MR) is 103 cm³/mol. The average Bonchev–Trinajstić information content (AvgIpc) is 2.70. The second-order valence-corrected chi connectivity index (χ2v) is 6.31. The third kappa shape index (κ3) is 4.11. The van der Waals surface area contributed by atoms with E-state index in [2.05, 4.69) is 40.5 Å². The van der Waals surface area contributed by atoms with Crippen molar-refractivity contribution in [2.75, 3.05) is 47.0 Å². The first-order valence-corrected chi connectivity index (χ1v) is 9.16. The molecule has 0 radical (unpaired) electrons. The Morgan fingerprint density at radius 3 is 2.42 bits per heavy atom. The molecule has 0 aliphatic carbocycles. The first kappa shape index (κ1) is 18.5. The van der Waals surface area contributed by atoms with Crippen molar-refractivity contribution in [1.82, 2.24) is 10.2 Å². The minimum atomic E-state index is 0.150. The Labute approximate surface area is 155 Å². The molecule has 0 bridgehead atoms. The third-order valence-electron chi connectivity index (χ3n) is 4.73. The van der Waals surface area contributed by atoms with Gasteiger partial charge in [-0.2, -0.15) is 0 Å². The second-order valence-electron chi connectivity index (χ2n) is 6.31. The van der Waals surface area contributed by atoms with E-state index in [1.165, 1.54) is 11.1 Å². The van der Waals surface area contributed by atoms with Crippen molar-refractivity contribution in [3.63, 3.8) is 0 Å². The van der Waals surface area contributed by atoms with E-state index in [9.17, 15) is 0 Å². The molecule has 2 aromatic carbocycles. The van der Waals surface area contributed by atoms with E-state index in [1.807, 2.05) is 19.1 Å². The Morgan fingerprint density at radius 2 is 1.73 bits per heavy atom. The lowest BCUT2D eigenvalue weighted by atomic mass is 9.95. The van der Waals surface area contributed by atoms with Gasteiger partial charge >= 0.3 is 0 Å². The van der Waals surface area contributed by atoms with Gasteiger partial charge in [-0.3, -0.25) is 4.90 Å². The highest BCUT2D eigenvalue weighted by Gasteiger charge is 2.25. The lowest BCUT2D eigenvalue weighted by molar-refractivity contribution is 0.197. The SMILES string of the molecule is CCOc1cc(C(c2cccc(OC)c2)N2CCNCC2)ccc1OC. The zero-order valence-electron chi connectivity index (χ0n) is 15.8. The zero-order valence-corrected chi connectivity index (χ0v) is 15.8. The van der Waals surface area contributed by atoms with E-state index < -0.39 is 0 Å². The Bertz CT molecular complexity index is 714. The Kier molecular flexibility index (Phi) is 6.36. The van der Waals surface area contributed by atoms with Gasteiger partial charge in [-0.1, -0.05) is 18.2 Å². The number of hydrogen-bond acceptors (Lipinski definition) is 5. The number of ether oxygens (including phenoxy) is 3. The van der Waals surface area contributed by atoms with Crippen LogP contribution in [0.2, 0.25) is 0 Å². The van der Waals surface area contributed by atoms with Crippen molar-refractivity contribution >= 4 is 0 Å². The third-order valence-corrected chi connectivity index (χ3v) is 4.73. The minimum Gasteiger partial charge on any atom is -0.497 e. The van der Waals surface area contributed by atoms with E-state index in [-0.39, 0.29) is 6.04 Å². The molecule has 1 saturated heterocycles. The Morgan fingerprint density at radius 1 is 0.962 bits per heavy atom. The fraction of sp³-hybridized carbons (Fsp3) is 0.429. The highest BCUT2D eigenvalue weighted by atomic mass is 16.5. The van der Waals surface area contributed by atoms with Crippen molar-refractivity contribution in [2.45, 2.75) is 13.0 Å². The van der Waals surface area contributed by atoms with E-state index in [1.54, 1.807) is 14.2 Å². The maximum Gasteiger partial charge on any atom is 0.161 e. The van der Waals surface area contributed by atoms with E-state index >= 15 is 0 Å². The topological polar surface area (TPSA) is 43.0 Å². The van der Waals surface area contributed by atoms with Gasteiger partial charge < -0.3 is 19.5 Å². The van der Waals surface area contributed by atoms with Gasteiger partial charge in [0.05, 0.1) is 26.9 Å². The van der Waals surface area contributed by atoms with Crippen molar-refractivity contribution in [3.05, 3.63) is 53.6 Å². The number of methoxy groups -OCH3 is 2. The van der Waals surface area contributed by atoms with Crippen LogP contribution in [-0.4, -0.2) is 51.9 Å². The van der Waals surface area contributed by atoms with Crippen LogP contribution < -0.4 is 19.5 Å². The number of piperazine rings is 1. The van der Waals surface area contributed by atoms with Crippen LogP contribution in [0.1, 0.15) is 24.1 Å². The largest absolute Gasteiger partial charge is 0.497 e. The quantitative estimate of drug-likeness (QED) is 0.826. The number of nitrogens with one attached hydrogen (secondary N) is 1. The smallest absolute Gasteiger partial charge is 0.161 e. The standard InChI is InChI=1S/C21H28N2O3/c1-4-26-20-15-17(8-9-19(20)25-3)21(23-12-10-22-11-13-23)16-6-5-7-18(14-16)24-2/h5-9,14-15,21-22H,4,10-13H2,1-3H3. The molecule has 3 rings (SSSR count). The number of rotatable bonds is 7. The number of nitrogens with zero attached hydrogens (tertiary/aromatic N) is 1. The van der Waals surface area contributed by atoms with Gasteiger partial charge in [-0.25, -0.2) is 0 Å². The molecule has 5 nitrogen and oxygen atoms in total. The Hall–Kier alpha value is -2.24. The molecule has 0 aromatic heterocycles. The van der Waals surface area contributed by atoms with Crippen LogP contribution in [0.3, 0.4) is 0 Å². The van der Waals surface area contributed by atoms with E-state index in [0.29, 0.717) is 6.61 Å². The van der Waals surface area contributed by atoms with Crippen LogP contribution in [0.4, 0.5) is 0 Å². The summed E-state index contributed by atoms with van der Waals surface area (Å²) in [6.45, 7) is 6.58. The van der Waals surface area contributed by atoms with Crippen LogP contribution in [-0.2, 0) is 0 Å². The molecule has 2 aromatic rings. The van der Waals surface area contributed by atoms with Crippen LogP contribution in [0.5, 0.6) is 17.2 Å². The van der Waals surface area contributed by atoms with Gasteiger partial charge in [0.15, 0.2) is 11.5 Å². The fourth-order valence-corrected chi connectivity index (χ4v) is 3.50. The highest BCUT2D eigenvalue weighted by Crippen LogP contribution is 2.36. The van der Waals surface area contributed by atoms with Gasteiger partial charge in [-0.15, -0.1) is 0 Å². The summed E-state index contributed by atoms with van der Waals surface area (Å²) in [7, 11) is 3.38. The molecule has 1 aliphatic heterocycles. The van der Waals surface area contributed by atoms with Crippen molar-refractivity contribution in [2.24, 2.45) is 0 Å². The lowest BCUT2D eigenvalue weighted by Gasteiger charge is -2.36. The molecule has 26 heavy (non-hydrogen) atoms. The summed E-state index contributed by atoms with van der Waals surface area (Å²) in [6, 6.07) is 14.7. The number of hydrogen-bond donors (Lipinski definition) is 1. The van der Waals surface area contributed by atoms with Crippen molar-refractivity contribution in [1.29, 1.82) is 0 Å². The van der Waals surface area contributed by atoms with E-state index in [0.717, 1.165) is 43.4 Å². The molecule has 1 atom stereocenters. The highest BCUT2D eigenvalue weighted by molar-refractivity contribution is 5.46. The second kappa shape index (κ2) is 8.92. The van der Waals surface area contributed by atoms with Gasteiger partial charge in [0.1, 0.15) is 5.75 Å². The first-order chi connectivity index (χ1) is 12.8. The lowest BCUT2D eigenvalue weighted by Crippen LogP contribution is -2.45. The summed E-state index contributed by atoms with van der Waals surface area (Å²) >= 11 is 0. The van der Waals surface area contributed by atoms with Crippen LogP contribution in [0, 0.1) is 0 Å². The summed E-state index contributed by atoms with van der Waals surface area (Å²) in [5, 5.41) is 3.43. The molecular formula is C21H28N2O3. The molecule has 1 N–H and O–H groups in total. The molecule has 1 heterocycles. The van der Waals surface area contributed by atoms with E-state index in [4.69, 9.17) is 14.2 Å². The van der Waals surface area contributed by atoms with Crippen LogP contribution >= 0.6 is 0 Å². The normalized spacial score (nSPS) is 16.1. The first-order valence-electron chi connectivity index (χ1n) is 9.16. The molecule has 5 heteroatoms. The van der Waals surface area contributed by atoms with Gasteiger partial charge in [0, 0.05) is 26.2 Å². The Balaban J connectivity index is 2.03. The summed E-state index contributed by atoms with van der Waals surface area (Å²) in [5.74, 6) is 2.43. The van der Waals surface area contributed by atoms with Gasteiger partial charge in [0.25, 0.3) is 0 Å². The summed E-state index contributed by atoms with van der Waals surface area (Å²) in [6.07, 6.45) is 0. The molecule has 1 fully saturated rings. The summed E-state index contributed by atoms with van der Waals surface area (Å²) in [5.41, 5.74) is 2.42. The molecule has 0 amide bonds. The average molecular weight is 356 g/mol.